The van der Waals surface area contributed by atoms with Gasteiger partial charge in [0.1, 0.15) is 5.82 Å². The van der Waals surface area contributed by atoms with E-state index in [0.29, 0.717) is 12.2 Å². The lowest BCUT2D eigenvalue weighted by atomic mass is 10.1. The highest BCUT2D eigenvalue weighted by Gasteiger charge is 2.11. The Morgan fingerprint density at radius 3 is 2.53 bits per heavy atom. The Morgan fingerprint density at radius 2 is 1.94 bits per heavy atom. The van der Waals surface area contributed by atoms with Crippen molar-refractivity contribution in [3.05, 3.63) is 35.6 Å². The number of ether oxygens (including phenoxy) is 1. The Labute approximate surface area is 103 Å². The molecule has 1 atom stereocenters. The maximum absolute atomic E-state index is 13.3. The van der Waals surface area contributed by atoms with Crippen molar-refractivity contribution < 1.29 is 9.13 Å². The number of hydrogen-bond acceptors (Lipinski definition) is 2. The lowest BCUT2D eigenvalue weighted by Crippen LogP contribution is -2.40. The Kier molecular flexibility index (Phi) is 5.09. The van der Waals surface area contributed by atoms with Crippen molar-refractivity contribution in [3.63, 3.8) is 0 Å². The van der Waals surface area contributed by atoms with Crippen LogP contribution in [-0.2, 0) is 11.3 Å². The van der Waals surface area contributed by atoms with Gasteiger partial charge in [-0.05, 0) is 33.8 Å². The van der Waals surface area contributed by atoms with Gasteiger partial charge in [-0.2, -0.15) is 0 Å². The summed E-state index contributed by atoms with van der Waals surface area (Å²) in [5, 5.41) is 3.35. The van der Waals surface area contributed by atoms with Crippen LogP contribution in [0.5, 0.6) is 0 Å². The molecule has 96 valence electrons. The minimum absolute atomic E-state index is 0.0637. The molecule has 0 aliphatic carbocycles. The molecule has 3 heteroatoms. The van der Waals surface area contributed by atoms with Crippen molar-refractivity contribution in [1.29, 1.82) is 0 Å². The molecule has 1 unspecified atom stereocenters. The fourth-order valence-corrected chi connectivity index (χ4v) is 1.36. The van der Waals surface area contributed by atoms with Crippen LogP contribution < -0.4 is 5.32 Å². The Balaban J connectivity index is 2.34. The van der Waals surface area contributed by atoms with Crippen LogP contribution in [0, 0.1) is 5.82 Å². The normalized spacial score (nSPS) is 13.7. The number of benzene rings is 1. The molecule has 0 aliphatic rings. The fraction of sp³-hybridized carbons (Fsp3) is 0.571. The van der Waals surface area contributed by atoms with Crippen molar-refractivity contribution in [1.82, 2.24) is 5.32 Å². The second-order valence-corrected chi connectivity index (χ2v) is 5.34. The van der Waals surface area contributed by atoms with Gasteiger partial charge < -0.3 is 10.1 Å². The highest BCUT2D eigenvalue weighted by atomic mass is 19.1. The van der Waals surface area contributed by atoms with Crippen LogP contribution in [0.3, 0.4) is 0 Å². The molecule has 0 saturated carbocycles. The van der Waals surface area contributed by atoms with Gasteiger partial charge in [-0.1, -0.05) is 18.2 Å². The first-order valence-electron chi connectivity index (χ1n) is 5.98. The molecule has 1 aromatic carbocycles. The lowest BCUT2D eigenvalue weighted by molar-refractivity contribution is 0.0476. The summed E-state index contributed by atoms with van der Waals surface area (Å²) >= 11 is 0. The molecule has 0 aliphatic heterocycles. The summed E-state index contributed by atoms with van der Waals surface area (Å²) in [6.07, 6.45) is 0.0637. The molecule has 0 amide bonds. The number of halogens is 1. The highest BCUT2D eigenvalue weighted by molar-refractivity contribution is 5.16. The third-order valence-corrected chi connectivity index (χ3v) is 2.40. The van der Waals surface area contributed by atoms with Gasteiger partial charge in [-0.15, -0.1) is 0 Å². The molecule has 0 spiro atoms. The molecule has 1 N–H and O–H groups in total. The third kappa shape index (κ3) is 5.80. The van der Waals surface area contributed by atoms with E-state index in [0.717, 1.165) is 6.54 Å². The number of rotatable bonds is 5. The first kappa shape index (κ1) is 14.1. The zero-order valence-electron chi connectivity index (χ0n) is 11.1. The molecule has 0 fully saturated rings. The predicted octanol–water partition coefficient (Wildman–Crippen LogP) is 3.12. The predicted molar refractivity (Wildman–Crippen MR) is 68.4 cm³/mol. The van der Waals surface area contributed by atoms with Gasteiger partial charge >= 0.3 is 0 Å². The second kappa shape index (κ2) is 6.12. The Bertz CT molecular complexity index is 346. The summed E-state index contributed by atoms with van der Waals surface area (Å²) < 4.78 is 18.9. The minimum Gasteiger partial charge on any atom is -0.372 e. The Morgan fingerprint density at radius 1 is 1.29 bits per heavy atom. The Hall–Kier alpha value is -0.930. The quantitative estimate of drug-likeness (QED) is 0.852. The van der Waals surface area contributed by atoms with Crippen LogP contribution in [0.1, 0.15) is 33.3 Å². The monoisotopic (exact) mass is 239 g/mol. The molecule has 0 heterocycles. The van der Waals surface area contributed by atoms with Gasteiger partial charge in [-0.3, -0.25) is 0 Å². The highest BCUT2D eigenvalue weighted by Crippen LogP contribution is 2.09. The first-order chi connectivity index (χ1) is 7.88. The van der Waals surface area contributed by atoms with E-state index < -0.39 is 0 Å². The average molecular weight is 239 g/mol. The topological polar surface area (TPSA) is 21.3 Å². The zero-order chi connectivity index (χ0) is 12.9. The minimum atomic E-state index is -0.205. The van der Waals surface area contributed by atoms with Gasteiger partial charge in [-0.25, -0.2) is 4.39 Å². The van der Waals surface area contributed by atoms with Gasteiger partial charge in [0.2, 0.25) is 0 Å². The van der Waals surface area contributed by atoms with Crippen LogP contribution in [-0.4, -0.2) is 18.2 Å². The van der Waals surface area contributed by atoms with Gasteiger partial charge in [0.25, 0.3) is 0 Å². The molecule has 0 aromatic heterocycles. The van der Waals surface area contributed by atoms with Crippen molar-refractivity contribution in [3.8, 4) is 0 Å². The summed E-state index contributed by atoms with van der Waals surface area (Å²) in [5.41, 5.74) is 0.686. The van der Waals surface area contributed by atoms with Gasteiger partial charge in [0, 0.05) is 17.6 Å². The van der Waals surface area contributed by atoms with Crippen molar-refractivity contribution in [2.75, 3.05) is 6.54 Å². The average Bonchev–Trinajstić information content (AvgIpc) is 2.24. The fourth-order valence-electron chi connectivity index (χ4n) is 1.36. The van der Waals surface area contributed by atoms with Crippen LogP contribution in [0.15, 0.2) is 24.3 Å². The molecular formula is C14H22FNO. The molecule has 1 aromatic rings. The SMILES string of the molecule is CC(CNC(C)(C)C)OCc1ccccc1F. The van der Waals surface area contributed by atoms with E-state index in [1.165, 1.54) is 6.07 Å². The molecule has 0 saturated heterocycles. The smallest absolute Gasteiger partial charge is 0.128 e. The van der Waals surface area contributed by atoms with E-state index in [2.05, 4.69) is 26.1 Å². The van der Waals surface area contributed by atoms with Crippen molar-refractivity contribution in [2.45, 2.75) is 45.9 Å². The molecule has 1 rings (SSSR count). The molecular weight excluding hydrogens is 217 g/mol. The van der Waals surface area contributed by atoms with Gasteiger partial charge in [0.15, 0.2) is 0 Å². The number of nitrogens with one attached hydrogen (secondary N) is 1. The van der Waals surface area contributed by atoms with Crippen molar-refractivity contribution in [2.24, 2.45) is 0 Å². The van der Waals surface area contributed by atoms with Gasteiger partial charge in [0.05, 0.1) is 12.7 Å². The van der Waals surface area contributed by atoms with Crippen LogP contribution in [0.4, 0.5) is 4.39 Å². The maximum atomic E-state index is 13.3. The molecule has 0 bridgehead atoms. The summed E-state index contributed by atoms with van der Waals surface area (Å²) in [5.74, 6) is -0.205. The number of hydrogen-bond donors (Lipinski definition) is 1. The summed E-state index contributed by atoms with van der Waals surface area (Å²) in [6.45, 7) is 9.39. The third-order valence-electron chi connectivity index (χ3n) is 2.40. The summed E-state index contributed by atoms with van der Waals surface area (Å²) in [6, 6.07) is 6.71. The molecule has 2 nitrogen and oxygen atoms in total. The van der Waals surface area contributed by atoms with E-state index in [-0.39, 0.29) is 17.5 Å². The van der Waals surface area contributed by atoms with E-state index in [9.17, 15) is 4.39 Å². The zero-order valence-corrected chi connectivity index (χ0v) is 11.1. The standard InChI is InChI=1S/C14H22FNO/c1-11(9-16-14(2,3)4)17-10-12-7-5-6-8-13(12)15/h5-8,11,16H,9-10H2,1-4H3. The van der Waals surface area contributed by atoms with Crippen LogP contribution >= 0.6 is 0 Å². The first-order valence-corrected chi connectivity index (χ1v) is 5.98. The van der Waals surface area contributed by atoms with E-state index in [1.54, 1.807) is 12.1 Å². The van der Waals surface area contributed by atoms with E-state index in [1.807, 2.05) is 13.0 Å². The van der Waals surface area contributed by atoms with Crippen molar-refractivity contribution >= 4 is 0 Å². The van der Waals surface area contributed by atoms with E-state index >= 15 is 0 Å². The maximum Gasteiger partial charge on any atom is 0.128 e. The van der Waals surface area contributed by atoms with Crippen LogP contribution in [0.2, 0.25) is 0 Å². The van der Waals surface area contributed by atoms with E-state index in [4.69, 9.17) is 4.74 Å². The lowest BCUT2D eigenvalue weighted by Gasteiger charge is -2.23. The largest absolute Gasteiger partial charge is 0.372 e. The molecule has 0 radical (unpaired) electrons. The summed E-state index contributed by atoms with van der Waals surface area (Å²) in [7, 11) is 0. The second-order valence-electron chi connectivity index (χ2n) is 5.34. The molecule has 17 heavy (non-hydrogen) atoms. The summed E-state index contributed by atoms with van der Waals surface area (Å²) in [4.78, 5) is 0. The van der Waals surface area contributed by atoms with Crippen LogP contribution in [0.25, 0.3) is 0 Å².